The van der Waals surface area contributed by atoms with E-state index in [1.165, 1.54) is 24.7 Å². The first-order valence-corrected chi connectivity index (χ1v) is 10.2. The van der Waals surface area contributed by atoms with Gasteiger partial charge < -0.3 is 15.0 Å². The number of rotatable bonds is 5. The van der Waals surface area contributed by atoms with Crippen molar-refractivity contribution < 1.29 is 14.7 Å². The highest BCUT2D eigenvalue weighted by atomic mass is 35.5. The molecule has 0 aliphatic heterocycles. The summed E-state index contributed by atoms with van der Waals surface area (Å²) in [7, 11) is 0. The van der Waals surface area contributed by atoms with Gasteiger partial charge in [0.2, 0.25) is 0 Å². The molecule has 0 radical (unpaired) electrons. The number of fused-ring (bicyclic) bond motifs is 1. The lowest BCUT2D eigenvalue weighted by Gasteiger charge is -2.07. The third-order valence-corrected chi connectivity index (χ3v) is 5.51. The summed E-state index contributed by atoms with van der Waals surface area (Å²) in [5, 5.41) is 14.1. The maximum absolute atomic E-state index is 13.0. The summed E-state index contributed by atoms with van der Waals surface area (Å²) in [5.41, 5.74) is 1.58. The number of aromatic nitrogens is 2. The van der Waals surface area contributed by atoms with E-state index in [1.54, 1.807) is 28.8 Å². The fourth-order valence-electron chi connectivity index (χ4n) is 3.26. The van der Waals surface area contributed by atoms with Crippen molar-refractivity contribution in [3.05, 3.63) is 87.2 Å². The molecule has 2 aromatic heterocycles. The summed E-state index contributed by atoms with van der Waals surface area (Å²) in [6.45, 7) is 0.363. The van der Waals surface area contributed by atoms with Crippen LogP contribution in [0.1, 0.15) is 15.9 Å². The van der Waals surface area contributed by atoms with E-state index in [-0.39, 0.29) is 27.0 Å². The molecule has 2 aromatic carbocycles. The van der Waals surface area contributed by atoms with Crippen molar-refractivity contribution in [3.63, 3.8) is 0 Å². The van der Waals surface area contributed by atoms with Crippen LogP contribution in [-0.4, -0.2) is 26.3 Å². The number of pyridine rings is 1. The number of nitrogens with one attached hydrogen (secondary N) is 1. The molecule has 31 heavy (non-hydrogen) atoms. The molecule has 4 aromatic rings. The van der Waals surface area contributed by atoms with Gasteiger partial charge in [0.15, 0.2) is 0 Å². The second-order valence-electron chi connectivity index (χ2n) is 6.73. The van der Waals surface area contributed by atoms with Gasteiger partial charge in [0.05, 0.1) is 26.8 Å². The minimum Gasteiger partial charge on any atom is -0.506 e. The molecule has 2 N–H and O–H groups in total. The van der Waals surface area contributed by atoms with Gasteiger partial charge in [-0.15, -0.1) is 0 Å². The molecule has 0 aliphatic rings. The van der Waals surface area contributed by atoms with Crippen molar-refractivity contribution in [1.29, 1.82) is 0 Å². The van der Waals surface area contributed by atoms with Gasteiger partial charge in [-0.05, 0) is 23.8 Å². The van der Waals surface area contributed by atoms with Gasteiger partial charge in [-0.25, -0.2) is 0 Å². The van der Waals surface area contributed by atoms with Gasteiger partial charge in [-0.2, -0.15) is 0 Å². The highest BCUT2D eigenvalue weighted by molar-refractivity contribution is 6.50. The molecule has 0 atom stereocenters. The lowest BCUT2D eigenvalue weighted by molar-refractivity contribution is -0.112. The zero-order chi connectivity index (χ0) is 22.1. The van der Waals surface area contributed by atoms with E-state index >= 15 is 0 Å². The number of carbonyl (C=O) groups excluding carboxylic acids is 2. The average molecular weight is 475 g/mol. The second-order valence-corrected chi connectivity index (χ2v) is 7.98. The van der Waals surface area contributed by atoms with E-state index in [0.29, 0.717) is 22.5 Å². The fraction of sp³-hybridized carbons (Fsp3) is 0.0455. The summed E-state index contributed by atoms with van der Waals surface area (Å²) in [4.78, 5) is 29.5. The molecule has 0 aliphatic carbocycles. The van der Waals surface area contributed by atoms with Crippen molar-refractivity contribution in [3.8, 4) is 5.75 Å². The standard InChI is InChI=1S/C22H14Cl3N3O3/c23-13-6-4-12(5-7-13)10-28-11-15(14-2-1-3-18(29)20(14)28)21(30)22(31)27-19-16(24)8-26-9-17(19)25/h1-9,11,29H,10H2,(H,26,27,31). The molecule has 0 unspecified atom stereocenters. The smallest absolute Gasteiger partial charge is 0.296 e. The molecule has 0 saturated carbocycles. The van der Waals surface area contributed by atoms with Gasteiger partial charge in [-0.1, -0.05) is 59.1 Å². The number of hydrogen-bond acceptors (Lipinski definition) is 4. The largest absolute Gasteiger partial charge is 0.506 e. The molecular weight excluding hydrogens is 461 g/mol. The third-order valence-electron chi connectivity index (χ3n) is 4.69. The molecule has 0 spiro atoms. The summed E-state index contributed by atoms with van der Waals surface area (Å²) >= 11 is 18.0. The Bertz CT molecular complexity index is 1300. The summed E-state index contributed by atoms with van der Waals surface area (Å²) < 4.78 is 1.71. The molecular formula is C22H14Cl3N3O3. The first-order chi connectivity index (χ1) is 14.8. The van der Waals surface area contributed by atoms with Crippen molar-refractivity contribution in [1.82, 2.24) is 9.55 Å². The number of phenolic OH excluding ortho intramolecular Hbond substituents is 1. The molecule has 6 nitrogen and oxygen atoms in total. The van der Waals surface area contributed by atoms with Gasteiger partial charge in [0, 0.05) is 35.5 Å². The Morgan fingerprint density at radius 1 is 1.00 bits per heavy atom. The number of para-hydroxylation sites is 1. The summed E-state index contributed by atoms with van der Waals surface area (Å²) in [6, 6.07) is 12.0. The molecule has 1 amide bonds. The minimum absolute atomic E-state index is 0.00820. The summed E-state index contributed by atoms with van der Waals surface area (Å²) in [6.07, 6.45) is 4.16. The van der Waals surface area contributed by atoms with Crippen LogP contribution in [0.25, 0.3) is 10.9 Å². The number of ketones is 1. The maximum Gasteiger partial charge on any atom is 0.296 e. The number of aromatic hydroxyl groups is 1. The fourth-order valence-corrected chi connectivity index (χ4v) is 3.84. The van der Waals surface area contributed by atoms with Crippen molar-refractivity contribution in [2.75, 3.05) is 5.32 Å². The number of nitrogens with zero attached hydrogens (tertiary/aromatic N) is 2. The van der Waals surface area contributed by atoms with Crippen molar-refractivity contribution in [2.24, 2.45) is 0 Å². The van der Waals surface area contributed by atoms with Gasteiger partial charge in [0.25, 0.3) is 11.7 Å². The maximum atomic E-state index is 13.0. The molecule has 0 bridgehead atoms. The molecule has 0 saturated heterocycles. The Morgan fingerprint density at radius 3 is 2.35 bits per heavy atom. The van der Waals surface area contributed by atoms with Crippen LogP contribution in [0.15, 0.2) is 61.1 Å². The second kappa shape index (κ2) is 8.59. The first-order valence-electron chi connectivity index (χ1n) is 9.05. The Hall–Kier alpha value is -3.06. The van der Waals surface area contributed by atoms with Crippen LogP contribution in [0.3, 0.4) is 0 Å². The van der Waals surface area contributed by atoms with E-state index in [1.807, 2.05) is 12.1 Å². The van der Waals surface area contributed by atoms with Crippen LogP contribution in [0, 0.1) is 0 Å². The Labute approximate surface area is 192 Å². The zero-order valence-corrected chi connectivity index (χ0v) is 18.0. The number of hydrogen-bond donors (Lipinski definition) is 2. The number of benzene rings is 2. The SMILES string of the molecule is O=C(Nc1c(Cl)cncc1Cl)C(=O)c1cn(Cc2ccc(Cl)cc2)c2c(O)cccc12. The topological polar surface area (TPSA) is 84.2 Å². The number of phenols is 1. The van der Waals surface area contributed by atoms with Crippen LogP contribution in [0.4, 0.5) is 5.69 Å². The Balaban J connectivity index is 1.72. The monoisotopic (exact) mass is 473 g/mol. The number of Topliss-reactive ketones (excluding diaryl/α,β-unsaturated/α-hetero) is 1. The van der Waals surface area contributed by atoms with E-state index in [0.717, 1.165) is 5.56 Å². The number of amides is 1. The van der Waals surface area contributed by atoms with Gasteiger partial charge in [0.1, 0.15) is 5.75 Å². The van der Waals surface area contributed by atoms with Crippen LogP contribution in [0.5, 0.6) is 5.75 Å². The van der Waals surface area contributed by atoms with Crippen molar-refractivity contribution in [2.45, 2.75) is 6.54 Å². The molecule has 2 heterocycles. The molecule has 156 valence electrons. The lowest BCUT2D eigenvalue weighted by atomic mass is 10.1. The highest BCUT2D eigenvalue weighted by Gasteiger charge is 2.24. The predicted octanol–water partition coefficient (Wildman–Crippen LogP) is 5.57. The number of anilines is 1. The summed E-state index contributed by atoms with van der Waals surface area (Å²) in [5.74, 6) is -1.72. The van der Waals surface area contributed by atoms with Crippen LogP contribution in [-0.2, 0) is 11.3 Å². The third kappa shape index (κ3) is 4.23. The zero-order valence-electron chi connectivity index (χ0n) is 15.8. The van der Waals surface area contributed by atoms with Crippen LogP contribution in [0.2, 0.25) is 15.1 Å². The Morgan fingerprint density at radius 2 is 1.68 bits per heavy atom. The normalized spacial score (nSPS) is 10.9. The predicted molar refractivity (Wildman–Crippen MR) is 121 cm³/mol. The van der Waals surface area contributed by atoms with Crippen LogP contribution >= 0.6 is 34.8 Å². The van der Waals surface area contributed by atoms with Gasteiger partial charge >= 0.3 is 0 Å². The molecule has 9 heteroatoms. The number of carbonyl (C=O) groups is 2. The quantitative estimate of drug-likeness (QED) is 0.292. The lowest BCUT2D eigenvalue weighted by Crippen LogP contribution is -2.23. The highest BCUT2D eigenvalue weighted by Crippen LogP contribution is 2.32. The van der Waals surface area contributed by atoms with E-state index in [9.17, 15) is 14.7 Å². The number of halogens is 3. The van der Waals surface area contributed by atoms with E-state index < -0.39 is 11.7 Å². The van der Waals surface area contributed by atoms with Crippen LogP contribution < -0.4 is 5.32 Å². The van der Waals surface area contributed by atoms with Gasteiger partial charge in [-0.3, -0.25) is 14.6 Å². The molecule has 0 fully saturated rings. The van der Waals surface area contributed by atoms with Crippen molar-refractivity contribution >= 4 is 63.1 Å². The van der Waals surface area contributed by atoms with E-state index in [2.05, 4.69) is 10.3 Å². The first kappa shape index (κ1) is 21.2. The Kier molecular flexibility index (Phi) is 5.87. The minimum atomic E-state index is -0.913. The van der Waals surface area contributed by atoms with E-state index in [4.69, 9.17) is 34.8 Å². The molecule has 4 rings (SSSR count). The average Bonchev–Trinajstić information content (AvgIpc) is 3.11.